The molecule has 0 aromatic carbocycles. The SMILES string of the molecule is CC[C@H](NC(=O)CC[C@H](CC(=O)COCCOCCNC(=O)CCCS(=O)(=O)NC(=O)CCCCCCCCCCCCCCCCC(=O)O)C(=O)O)C(=O)O. The Kier molecular flexibility index (Phi) is 31.3. The molecule has 0 spiro atoms. The minimum Gasteiger partial charge on any atom is -0.481 e. The van der Waals surface area contributed by atoms with Gasteiger partial charge in [0.2, 0.25) is 27.7 Å². The van der Waals surface area contributed by atoms with Gasteiger partial charge in [-0.3, -0.25) is 33.5 Å². The van der Waals surface area contributed by atoms with Gasteiger partial charge in [-0.2, -0.15) is 0 Å². The molecule has 0 aliphatic heterocycles. The molecule has 0 aromatic rings. The standard InChI is InChI=1S/C38H67N3O14S/c1-2-32(38(50)51)40-34(44)22-21-30(37(48)49)28-31(42)29-55-26-25-54-24-23-39-33(43)19-17-27-56(52,53)41-35(45)18-15-13-11-9-7-5-3-4-6-8-10-12-14-16-20-36(46)47/h30,32H,2-29H2,1H3,(H,39,43)(H,40,44)(H,41,45)(H,46,47)(H,48,49)(H,50,51)/t30-,32+/m1/s1. The Balaban J connectivity index is 3.82. The number of amides is 3. The largest absolute Gasteiger partial charge is 0.481 e. The normalized spacial score (nSPS) is 12.4. The van der Waals surface area contributed by atoms with Crippen molar-refractivity contribution in [3.63, 3.8) is 0 Å². The molecule has 0 bridgehead atoms. The summed E-state index contributed by atoms with van der Waals surface area (Å²) >= 11 is 0. The van der Waals surface area contributed by atoms with E-state index >= 15 is 0 Å². The Hall–Kier alpha value is -3.64. The molecule has 0 heterocycles. The molecule has 56 heavy (non-hydrogen) atoms. The zero-order valence-electron chi connectivity index (χ0n) is 33.2. The van der Waals surface area contributed by atoms with Crippen LogP contribution in [-0.2, 0) is 53.1 Å². The molecule has 17 nitrogen and oxygen atoms in total. The summed E-state index contributed by atoms with van der Waals surface area (Å²) in [5.74, 6) is -6.69. The number of rotatable bonds is 39. The van der Waals surface area contributed by atoms with Crippen molar-refractivity contribution in [3.05, 3.63) is 0 Å². The van der Waals surface area contributed by atoms with Gasteiger partial charge in [0.15, 0.2) is 5.78 Å². The average Bonchev–Trinajstić information content (AvgIpc) is 3.12. The molecule has 0 saturated heterocycles. The highest BCUT2D eigenvalue weighted by Crippen LogP contribution is 2.15. The van der Waals surface area contributed by atoms with Crippen molar-refractivity contribution in [2.45, 2.75) is 154 Å². The maximum absolute atomic E-state index is 12.2. The van der Waals surface area contributed by atoms with Crippen molar-refractivity contribution in [2.24, 2.45) is 5.92 Å². The van der Waals surface area contributed by atoms with Gasteiger partial charge in [-0.1, -0.05) is 84.0 Å². The molecule has 0 radical (unpaired) electrons. The van der Waals surface area contributed by atoms with Crippen molar-refractivity contribution in [2.75, 3.05) is 38.7 Å². The summed E-state index contributed by atoms with van der Waals surface area (Å²) in [6, 6.07) is -1.07. The second-order valence-electron chi connectivity index (χ2n) is 14.0. The summed E-state index contributed by atoms with van der Waals surface area (Å²) in [5.41, 5.74) is 0. The van der Waals surface area contributed by atoms with E-state index in [4.69, 9.17) is 19.7 Å². The van der Waals surface area contributed by atoms with Crippen molar-refractivity contribution < 1.29 is 66.8 Å². The monoisotopic (exact) mass is 821 g/mol. The van der Waals surface area contributed by atoms with Gasteiger partial charge in [0.05, 0.1) is 31.5 Å². The third-order valence-corrected chi connectivity index (χ3v) is 10.3. The molecule has 0 fully saturated rings. The number of nitrogens with one attached hydrogen (secondary N) is 3. The molecule has 0 rings (SSSR count). The van der Waals surface area contributed by atoms with Crippen molar-refractivity contribution in [1.82, 2.24) is 15.4 Å². The van der Waals surface area contributed by atoms with Crippen LogP contribution in [0.5, 0.6) is 0 Å². The molecular formula is C38H67N3O14S. The Morgan fingerprint density at radius 2 is 1.11 bits per heavy atom. The first-order chi connectivity index (χ1) is 26.7. The predicted octanol–water partition coefficient (Wildman–Crippen LogP) is 4.11. The van der Waals surface area contributed by atoms with E-state index in [-0.39, 0.29) is 96.0 Å². The first-order valence-electron chi connectivity index (χ1n) is 20.1. The molecule has 18 heteroatoms. The van der Waals surface area contributed by atoms with E-state index in [1.165, 1.54) is 32.1 Å². The van der Waals surface area contributed by atoms with Crippen LogP contribution >= 0.6 is 0 Å². The van der Waals surface area contributed by atoms with E-state index in [0.29, 0.717) is 6.42 Å². The van der Waals surface area contributed by atoms with Crippen molar-refractivity contribution >= 4 is 51.4 Å². The summed E-state index contributed by atoms with van der Waals surface area (Å²) in [6.45, 7) is 1.63. The van der Waals surface area contributed by atoms with E-state index in [1.807, 2.05) is 0 Å². The number of hydrogen-bond donors (Lipinski definition) is 6. The minimum absolute atomic E-state index is 0.0281. The lowest BCUT2D eigenvalue weighted by molar-refractivity contribution is -0.145. The van der Waals surface area contributed by atoms with Crippen LogP contribution < -0.4 is 15.4 Å². The molecule has 0 unspecified atom stereocenters. The van der Waals surface area contributed by atoms with Crippen LogP contribution in [0.15, 0.2) is 0 Å². The smallest absolute Gasteiger partial charge is 0.326 e. The molecule has 2 atom stereocenters. The number of carboxylic acid groups (broad SMARTS) is 3. The molecule has 6 N–H and O–H groups in total. The third kappa shape index (κ3) is 32.6. The maximum Gasteiger partial charge on any atom is 0.326 e. The summed E-state index contributed by atoms with van der Waals surface area (Å²) < 4.78 is 37.1. The van der Waals surface area contributed by atoms with Crippen LogP contribution in [0.1, 0.15) is 148 Å². The van der Waals surface area contributed by atoms with Crippen molar-refractivity contribution in [3.8, 4) is 0 Å². The first kappa shape index (κ1) is 52.4. The first-order valence-corrected chi connectivity index (χ1v) is 21.8. The van der Waals surface area contributed by atoms with Gasteiger partial charge in [0.1, 0.15) is 12.6 Å². The summed E-state index contributed by atoms with van der Waals surface area (Å²) in [6.07, 6.45) is 14.5. The fourth-order valence-corrected chi connectivity index (χ4v) is 6.77. The number of unbranched alkanes of at least 4 members (excludes halogenated alkanes) is 13. The summed E-state index contributed by atoms with van der Waals surface area (Å²) in [5, 5.41) is 31.9. The predicted molar refractivity (Wildman–Crippen MR) is 207 cm³/mol. The zero-order chi connectivity index (χ0) is 42.0. The van der Waals surface area contributed by atoms with Gasteiger partial charge < -0.3 is 35.4 Å². The van der Waals surface area contributed by atoms with Crippen LogP contribution in [-0.4, -0.2) is 110 Å². The molecule has 3 amide bonds. The van der Waals surface area contributed by atoms with Gasteiger partial charge in [0.25, 0.3) is 0 Å². The van der Waals surface area contributed by atoms with Gasteiger partial charge in [-0.15, -0.1) is 0 Å². The minimum atomic E-state index is -3.85. The van der Waals surface area contributed by atoms with Gasteiger partial charge in [-0.25, -0.2) is 13.2 Å². The van der Waals surface area contributed by atoms with E-state index in [9.17, 15) is 47.1 Å². The van der Waals surface area contributed by atoms with Gasteiger partial charge in [-0.05, 0) is 32.1 Å². The Morgan fingerprint density at radius 1 is 0.589 bits per heavy atom. The number of aliphatic carboxylic acids is 3. The summed E-state index contributed by atoms with van der Waals surface area (Å²) in [4.78, 5) is 81.3. The van der Waals surface area contributed by atoms with Crippen molar-refractivity contribution in [1.29, 1.82) is 0 Å². The second kappa shape index (κ2) is 33.5. The maximum atomic E-state index is 12.2. The van der Waals surface area contributed by atoms with Crippen LogP contribution in [0, 0.1) is 5.92 Å². The molecule has 0 aromatic heterocycles. The Labute approximate surface area is 331 Å². The number of carbonyl (C=O) groups is 7. The molecular weight excluding hydrogens is 754 g/mol. The number of ketones is 1. The number of ether oxygens (including phenoxy) is 2. The molecule has 324 valence electrons. The highest BCUT2D eigenvalue weighted by molar-refractivity contribution is 7.90. The average molecular weight is 822 g/mol. The number of carbonyl (C=O) groups excluding carboxylic acids is 4. The number of Topliss-reactive ketones (excluding diaryl/α,β-unsaturated/α-hetero) is 1. The van der Waals surface area contributed by atoms with Crippen LogP contribution in [0.4, 0.5) is 0 Å². The van der Waals surface area contributed by atoms with E-state index in [2.05, 4.69) is 15.4 Å². The fraction of sp³-hybridized carbons (Fsp3) is 0.816. The highest BCUT2D eigenvalue weighted by Gasteiger charge is 2.24. The van der Waals surface area contributed by atoms with E-state index in [1.54, 1.807) is 6.92 Å². The quantitative estimate of drug-likeness (QED) is 0.0477. The number of carboxylic acids is 3. The Bertz CT molecular complexity index is 1280. The lowest BCUT2D eigenvalue weighted by atomic mass is 9.97. The Morgan fingerprint density at radius 3 is 1.62 bits per heavy atom. The van der Waals surface area contributed by atoms with Gasteiger partial charge >= 0.3 is 17.9 Å². The highest BCUT2D eigenvalue weighted by atomic mass is 32.2. The topological polar surface area (TPSA) is 269 Å². The molecule has 0 aliphatic rings. The third-order valence-electron chi connectivity index (χ3n) is 8.92. The lowest BCUT2D eigenvalue weighted by Crippen LogP contribution is -2.40. The molecule has 0 saturated carbocycles. The second-order valence-corrected chi connectivity index (χ2v) is 15.8. The van der Waals surface area contributed by atoms with Gasteiger partial charge in [0, 0.05) is 38.6 Å². The van der Waals surface area contributed by atoms with Crippen LogP contribution in [0.2, 0.25) is 0 Å². The lowest BCUT2D eigenvalue weighted by Gasteiger charge is -2.14. The molecule has 0 aliphatic carbocycles. The number of hydrogen-bond acceptors (Lipinski definition) is 11. The van der Waals surface area contributed by atoms with E-state index in [0.717, 1.165) is 51.4 Å². The van der Waals surface area contributed by atoms with Crippen LogP contribution in [0.3, 0.4) is 0 Å². The zero-order valence-corrected chi connectivity index (χ0v) is 34.0. The number of sulfonamides is 1. The van der Waals surface area contributed by atoms with Crippen LogP contribution in [0.25, 0.3) is 0 Å². The van der Waals surface area contributed by atoms with E-state index < -0.39 is 57.5 Å². The summed E-state index contributed by atoms with van der Waals surface area (Å²) in [7, 11) is -3.85. The fourth-order valence-electron chi connectivity index (χ4n) is 5.70.